The molecule has 11 heavy (non-hydrogen) atoms. The van der Waals surface area contributed by atoms with E-state index in [-0.39, 0.29) is 11.6 Å². The summed E-state index contributed by atoms with van der Waals surface area (Å²) in [5, 5.41) is 9.46. The van der Waals surface area contributed by atoms with Gasteiger partial charge in [0.05, 0.1) is 12.2 Å². The molecule has 62 valence electrons. The van der Waals surface area contributed by atoms with E-state index >= 15 is 0 Å². The van der Waals surface area contributed by atoms with Crippen molar-refractivity contribution in [3.05, 3.63) is 0 Å². The summed E-state index contributed by atoms with van der Waals surface area (Å²) >= 11 is 0. The molecule has 2 aliphatic rings. The zero-order valence-electron chi connectivity index (χ0n) is 6.44. The van der Waals surface area contributed by atoms with Crippen molar-refractivity contribution in [2.45, 2.75) is 18.5 Å². The Morgan fingerprint density at radius 2 is 2.00 bits per heavy atom. The molecule has 0 aliphatic carbocycles. The van der Waals surface area contributed by atoms with Crippen LogP contribution in [0.3, 0.4) is 0 Å². The van der Waals surface area contributed by atoms with Crippen molar-refractivity contribution in [3.63, 3.8) is 0 Å². The molecule has 2 saturated heterocycles. The van der Waals surface area contributed by atoms with Crippen molar-refractivity contribution < 1.29 is 4.79 Å². The summed E-state index contributed by atoms with van der Waals surface area (Å²) in [6, 6.07) is 0. The lowest BCUT2D eigenvalue weighted by atomic mass is 10.00. The normalized spacial score (nSPS) is 28.9. The number of hydrogen-bond donors (Lipinski definition) is 3. The second-order valence-electron chi connectivity index (χ2n) is 3.23. The van der Waals surface area contributed by atoms with E-state index in [1.807, 2.05) is 0 Å². The van der Waals surface area contributed by atoms with Gasteiger partial charge in [-0.3, -0.25) is 10.1 Å². The Balaban J connectivity index is 2.03. The molecule has 4 heteroatoms. The predicted octanol–water partition coefficient (Wildman–Crippen LogP) is -1.21. The van der Waals surface area contributed by atoms with E-state index in [2.05, 4.69) is 16.0 Å². The molecule has 1 spiro atoms. The second-order valence-corrected chi connectivity index (χ2v) is 3.23. The smallest absolute Gasteiger partial charge is 0.235 e. The summed E-state index contributed by atoms with van der Waals surface area (Å²) < 4.78 is 0. The summed E-state index contributed by atoms with van der Waals surface area (Å²) in [7, 11) is 0. The molecule has 2 aliphatic heterocycles. The third kappa shape index (κ3) is 1.23. The molecule has 0 aromatic carbocycles. The van der Waals surface area contributed by atoms with Crippen LogP contribution in [0.15, 0.2) is 0 Å². The maximum Gasteiger partial charge on any atom is 0.235 e. The van der Waals surface area contributed by atoms with E-state index in [1.54, 1.807) is 0 Å². The highest BCUT2D eigenvalue weighted by atomic mass is 16.2. The van der Waals surface area contributed by atoms with Crippen molar-refractivity contribution in [2.75, 3.05) is 19.6 Å². The number of amides is 1. The maximum atomic E-state index is 10.9. The van der Waals surface area contributed by atoms with Gasteiger partial charge in [0.2, 0.25) is 5.91 Å². The van der Waals surface area contributed by atoms with Crippen LogP contribution in [-0.4, -0.2) is 31.2 Å². The van der Waals surface area contributed by atoms with Gasteiger partial charge in [0.25, 0.3) is 0 Å². The summed E-state index contributed by atoms with van der Waals surface area (Å²) in [6.07, 6.45) is 2.00. The molecular formula is C7H13N3O. The average molecular weight is 155 g/mol. The highest BCUT2D eigenvalue weighted by Gasteiger charge is 2.37. The van der Waals surface area contributed by atoms with E-state index in [0.717, 1.165) is 25.9 Å². The number of nitrogens with one attached hydrogen (secondary N) is 3. The van der Waals surface area contributed by atoms with Gasteiger partial charge in [-0.1, -0.05) is 0 Å². The average Bonchev–Trinajstić information content (AvgIpc) is 2.34. The lowest BCUT2D eigenvalue weighted by Crippen LogP contribution is -2.55. The molecular weight excluding hydrogens is 142 g/mol. The third-order valence-electron chi connectivity index (χ3n) is 2.42. The number of carbonyl (C=O) groups excluding carboxylic acids is 1. The second kappa shape index (κ2) is 2.46. The van der Waals surface area contributed by atoms with Crippen molar-refractivity contribution >= 4 is 5.91 Å². The first-order valence-electron chi connectivity index (χ1n) is 4.08. The molecule has 0 bridgehead atoms. The van der Waals surface area contributed by atoms with Crippen LogP contribution in [0.4, 0.5) is 0 Å². The van der Waals surface area contributed by atoms with Crippen LogP contribution >= 0.6 is 0 Å². The summed E-state index contributed by atoms with van der Waals surface area (Å²) in [4.78, 5) is 10.9. The van der Waals surface area contributed by atoms with E-state index < -0.39 is 0 Å². The van der Waals surface area contributed by atoms with E-state index in [4.69, 9.17) is 0 Å². The highest BCUT2D eigenvalue weighted by molar-refractivity contribution is 5.81. The Hall–Kier alpha value is -0.610. The largest absolute Gasteiger partial charge is 0.337 e. The van der Waals surface area contributed by atoms with Gasteiger partial charge < -0.3 is 10.6 Å². The quantitative estimate of drug-likeness (QED) is 0.411. The Morgan fingerprint density at radius 3 is 2.55 bits per heavy atom. The topological polar surface area (TPSA) is 53.2 Å². The summed E-state index contributed by atoms with van der Waals surface area (Å²) in [5.41, 5.74) is -0.0671. The SMILES string of the molecule is O=C1CNC2(CCNCC2)N1. The molecule has 2 rings (SSSR count). The fraction of sp³-hybridized carbons (Fsp3) is 0.857. The van der Waals surface area contributed by atoms with Gasteiger partial charge >= 0.3 is 0 Å². The first kappa shape index (κ1) is 7.06. The first-order chi connectivity index (χ1) is 5.31. The lowest BCUT2D eigenvalue weighted by molar-refractivity contribution is -0.119. The Labute approximate surface area is 65.7 Å². The number of hydrogen-bond acceptors (Lipinski definition) is 3. The van der Waals surface area contributed by atoms with Gasteiger partial charge in [0.15, 0.2) is 0 Å². The lowest BCUT2D eigenvalue weighted by Gasteiger charge is -2.33. The third-order valence-corrected chi connectivity index (χ3v) is 2.42. The fourth-order valence-electron chi connectivity index (χ4n) is 1.76. The van der Waals surface area contributed by atoms with Gasteiger partial charge in [-0.25, -0.2) is 0 Å². The van der Waals surface area contributed by atoms with Crippen LogP contribution in [0.2, 0.25) is 0 Å². The zero-order chi connectivity index (χ0) is 7.73. The molecule has 0 aromatic rings. The minimum Gasteiger partial charge on any atom is -0.337 e. The van der Waals surface area contributed by atoms with E-state index in [9.17, 15) is 4.79 Å². The highest BCUT2D eigenvalue weighted by Crippen LogP contribution is 2.17. The molecule has 0 unspecified atom stereocenters. The van der Waals surface area contributed by atoms with Crippen LogP contribution in [0, 0.1) is 0 Å². The maximum absolute atomic E-state index is 10.9. The molecule has 2 heterocycles. The van der Waals surface area contributed by atoms with Gasteiger partial charge in [0, 0.05) is 0 Å². The van der Waals surface area contributed by atoms with Crippen molar-refractivity contribution in [1.82, 2.24) is 16.0 Å². The molecule has 2 fully saturated rings. The molecule has 3 N–H and O–H groups in total. The van der Waals surface area contributed by atoms with Gasteiger partial charge in [0.1, 0.15) is 0 Å². The molecule has 0 atom stereocenters. The van der Waals surface area contributed by atoms with Crippen LogP contribution < -0.4 is 16.0 Å². The Kier molecular flexibility index (Phi) is 1.58. The minimum atomic E-state index is -0.0671. The summed E-state index contributed by atoms with van der Waals surface area (Å²) in [6.45, 7) is 2.47. The van der Waals surface area contributed by atoms with Gasteiger partial charge in [-0.2, -0.15) is 0 Å². The van der Waals surface area contributed by atoms with Crippen molar-refractivity contribution in [1.29, 1.82) is 0 Å². The Bertz CT molecular complexity index is 175. The number of rotatable bonds is 0. The van der Waals surface area contributed by atoms with Crippen LogP contribution in [0.5, 0.6) is 0 Å². The molecule has 1 amide bonds. The molecule has 0 saturated carbocycles. The van der Waals surface area contributed by atoms with Crippen LogP contribution in [0.1, 0.15) is 12.8 Å². The number of piperidine rings is 1. The minimum absolute atomic E-state index is 0.0671. The molecule has 4 nitrogen and oxygen atoms in total. The standard InChI is InChI=1S/C7H13N3O/c11-6-5-9-7(10-6)1-3-8-4-2-7/h8-9H,1-5H2,(H,10,11). The fourth-order valence-corrected chi connectivity index (χ4v) is 1.76. The van der Waals surface area contributed by atoms with Gasteiger partial charge in [-0.15, -0.1) is 0 Å². The van der Waals surface area contributed by atoms with Crippen molar-refractivity contribution in [2.24, 2.45) is 0 Å². The van der Waals surface area contributed by atoms with Crippen molar-refractivity contribution in [3.8, 4) is 0 Å². The first-order valence-corrected chi connectivity index (χ1v) is 4.08. The van der Waals surface area contributed by atoms with Gasteiger partial charge in [-0.05, 0) is 25.9 Å². The van der Waals surface area contributed by atoms with Crippen LogP contribution in [-0.2, 0) is 4.79 Å². The zero-order valence-corrected chi connectivity index (χ0v) is 6.44. The number of carbonyl (C=O) groups is 1. The Morgan fingerprint density at radius 1 is 1.27 bits per heavy atom. The van der Waals surface area contributed by atoms with E-state index in [1.165, 1.54) is 0 Å². The predicted molar refractivity (Wildman–Crippen MR) is 41.0 cm³/mol. The summed E-state index contributed by atoms with van der Waals surface area (Å²) in [5.74, 6) is 0.131. The molecule has 0 aromatic heterocycles. The molecule has 0 radical (unpaired) electrons. The van der Waals surface area contributed by atoms with E-state index in [0.29, 0.717) is 6.54 Å². The van der Waals surface area contributed by atoms with Crippen LogP contribution in [0.25, 0.3) is 0 Å². The monoisotopic (exact) mass is 155 g/mol.